The Kier molecular flexibility index (Phi) is 2.88. The third-order valence-electron chi connectivity index (χ3n) is 3.13. The molecule has 0 atom stereocenters. The molecule has 1 N–H and O–H groups in total. The summed E-state index contributed by atoms with van der Waals surface area (Å²) < 4.78 is 6.34. The van der Waals surface area contributed by atoms with Crippen LogP contribution in [0.15, 0.2) is 24.3 Å². The van der Waals surface area contributed by atoms with Crippen molar-refractivity contribution in [2.24, 2.45) is 0 Å². The maximum absolute atomic E-state index is 5.72. The summed E-state index contributed by atoms with van der Waals surface area (Å²) in [5, 5.41) is 0. The minimum Gasteiger partial charge on any atom is -0.492 e. The molecule has 3 nitrogen and oxygen atoms in total. The predicted molar refractivity (Wildman–Crippen MR) is 73.4 cm³/mol. The Labute approximate surface area is 111 Å². The highest BCUT2D eigenvalue weighted by Gasteiger charge is 2.17. The Balaban J connectivity index is 2.18. The number of aryl methyl sites for hydroxylation is 1. The first-order valence-corrected chi connectivity index (χ1v) is 6.54. The lowest BCUT2D eigenvalue weighted by Gasteiger charge is -2.09. The van der Waals surface area contributed by atoms with Crippen LogP contribution in [0.1, 0.15) is 18.3 Å². The average molecular weight is 258 g/mol. The van der Waals surface area contributed by atoms with Gasteiger partial charge in [-0.3, -0.25) is 0 Å². The maximum Gasteiger partial charge on any atom is 0.131 e. The van der Waals surface area contributed by atoms with Crippen LogP contribution in [0.2, 0.25) is 0 Å². The highest BCUT2D eigenvalue weighted by atomic mass is 32.1. The van der Waals surface area contributed by atoms with E-state index in [2.05, 4.69) is 35.1 Å². The number of ether oxygens (including phenoxy) is 1. The Morgan fingerprint density at radius 2 is 2.33 bits per heavy atom. The number of fused-ring (bicyclic) bond motifs is 1. The van der Waals surface area contributed by atoms with Crippen LogP contribution in [0.25, 0.3) is 11.3 Å². The van der Waals surface area contributed by atoms with E-state index < -0.39 is 0 Å². The third-order valence-corrected chi connectivity index (χ3v) is 3.34. The number of H-pyrrole nitrogens is 1. The van der Waals surface area contributed by atoms with Crippen LogP contribution >= 0.6 is 12.2 Å². The lowest BCUT2D eigenvalue weighted by Crippen LogP contribution is -1.96. The first-order chi connectivity index (χ1) is 8.78. The first kappa shape index (κ1) is 11.4. The van der Waals surface area contributed by atoms with E-state index in [-0.39, 0.29) is 0 Å². The number of hydrogen-bond acceptors (Lipinski definition) is 3. The van der Waals surface area contributed by atoms with Gasteiger partial charge in [-0.05, 0) is 17.7 Å². The summed E-state index contributed by atoms with van der Waals surface area (Å²) in [6.07, 6.45) is 1.82. The SMILES string of the molecule is CCc1nc(=S)cc(-c2cccc3c2OCC3)[nH]1. The van der Waals surface area contributed by atoms with E-state index in [4.69, 9.17) is 17.0 Å². The fourth-order valence-electron chi connectivity index (χ4n) is 2.25. The quantitative estimate of drug-likeness (QED) is 0.840. The molecule has 2 heterocycles. The molecule has 0 fully saturated rings. The van der Waals surface area contributed by atoms with Gasteiger partial charge in [0.1, 0.15) is 16.2 Å². The van der Waals surface area contributed by atoms with Crippen molar-refractivity contribution in [2.75, 3.05) is 6.61 Å². The van der Waals surface area contributed by atoms with Gasteiger partial charge in [0.05, 0.1) is 12.3 Å². The lowest BCUT2D eigenvalue weighted by molar-refractivity contribution is 0.358. The second kappa shape index (κ2) is 4.53. The smallest absolute Gasteiger partial charge is 0.131 e. The number of rotatable bonds is 2. The van der Waals surface area contributed by atoms with E-state index in [0.717, 1.165) is 42.3 Å². The molecule has 2 aromatic rings. The van der Waals surface area contributed by atoms with Crippen LogP contribution < -0.4 is 4.74 Å². The Morgan fingerprint density at radius 1 is 1.44 bits per heavy atom. The number of nitrogens with one attached hydrogen (secondary N) is 1. The molecular weight excluding hydrogens is 244 g/mol. The van der Waals surface area contributed by atoms with Crippen molar-refractivity contribution in [1.29, 1.82) is 0 Å². The normalized spacial score (nSPS) is 13.2. The van der Waals surface area contributed by atoms with E-state index in [1.165, 1.54) is 5.56 Å². The van der Waals surface area contributed by atoms with Gasteiger partial charge in [0, 0.05) is 18.4 Å². The molecule has 0 unspecified atom stereocenters. The number of nitrogens with zero attached hydrogens (tertiary/aromatic N) is 1. The summed E-state index contributed by atoms with van der Waals surface area (Å²) in [7, 11) is 0. The number of aromatic amines is 1. The third kappa shape index (κ3) is 1.93. The Hall–Kier alpha value is -1.68. The Morgan fingerprint density at radius 3 is 3.17 bits per heavy atom. The molecule has 0 radical (unpaired) electrons. The molecule has 0 aliphatic carbocycles. The molecule has 1 aliphatic rings. The second-order valence-corrected chi connectivity index (χ2v) is 4.74. The van der Waals surface area contributed by atoms with Crippen molar-refractivity contribution in [1.82, 2.24) is 9.97 Å². The van der Waals surface area contributed by atoms with Gasteiger partial charge in [0.25, 0.3) is 0 Å². The number of benzene rings is 1. The largest absolute Gasteiger partial charge is 0.492 e. The molecule has 92 valence electrons. The average Bonchev–Trinajstić information content (AvgIpc) is 2.85. The van der Waals surface area contributed by atoms with Crippen molar-refractivity contribution in [2.45, 2.75) is 19.8 Å². The van der Waals surface area contributed by atoms with Gasteiger partial charge in [0.15, 0.2) is 0 Å². The zero-order valence-electron chi connectivity index (χ0n) is 10.2. The van der Waals surface area contributed by atoms with Crippen LogP contribution in [0, 0.1) is 4.64 Å². The highest BCUT2D eigenvalue weighted by molar-refractivity contribution is 7.71. The molecule has 0 saturated heterocycles. The van der Waals surface area contributed by atoms with Crippen LogP contribution in [-0.2, 0) is 12.8 Å². The molecule has 1 aromatic carbocycles. The van der Waals surface area contributed by atoms with E-state index in [9.17, 15) is 0 Å². The van der Waals surface area contributed by atoms with Gasteiger partial charge in [-0.2, -0.15) is 0 Å². The molecule has 0 bridgehead atoms. The zero-order valence-corrected chi connectivity index (χ0v) is 11.0. The summed E-state index contributed by atoms with van der Waals surface area (Å²) in [6, 6.07) is 8.13. The number of hydrogen-bond donors (Lipinski definition) is 1. The fourth-order valence-corrected chi connectivity index (χ4v) is 2.48. The number of aromatic nitrogens is 2. The fraction of sp³-hybridized carbons (Fsp3) is 0.286. The van der Waals surface area contributed by atoms with E-state index >= 15 is 0 Å². The topological polar surface area (TPSA) is 37.9 Å². The van der Waals surface area contributed by atoms with Crippen molar-refractivity contribution in [3.05, 3.63) is 40.3 Å². The van der Waals surface area contributed by atoms with Crippen molar-refractivity contribution < 1.29 is 4.74 Å². The standard InChI is InChI=1S/C14H14N2OS/c1-2-12-15-11(8-13(18)16-12)10-5-3-4-9-6-7-17-14(9)10/h3-5,8H,2,6-7H2,1H3,(H,15,16,18). The molecular formula is C14H14N2OS. The van der Waals surface area contributed by atoms with Crippen LogP contribution in [0.3, 0.4) is 0 Å². The molecule has 18 heavy (non-hydrogen) atoms. The van der Waals surface area contributed by atoms with E-state index in [0.29, 0.717) is 4.64 Å². The van der Waals surface area contributed by atoms with Gasteiger partial charge < -0.3 is 9.72 Å². The van der Waals surface area contributed by atoms with Gasteiger partial charge in [-0.15, -0.1) is 0 Å². The van der Waals surface area contributed by atoms with E-state index in [1.54, 1.807) is 0 Å². The maximum atomic E-state index is 5.72. The summed E-state index contributed by atoms with van der Waals surface area (Å²) in [6.45, 7) is 2.82. The monoisotopic (exact) mass is 258 g/mol. The second-order valence-electron chi connectivity index (χ2n) is 4.33. The summed E-state index contributed by atoms with van der Waals surface area (Å²) in [4.78, 5) is 7.61. The van der Waals surface area contributed by atoms with Crippen molar-refractivity contribution in [3.63, 3.8) is 0 Å². The molecule has 4 heteroatoms. The summed E-state index contributed by atoms with van der Waals surface area (Å²) >= 11 is 5.21. The predicted octanol–water partition coefficient (Wildman–Crippen LogP) is 3.30. The van der Waals surface area contributed by atoms with E-state index in [1.807, 2.05) is 6.07 Å². The van der Waals surface area contributed by atoms with Gasteiger partial charge in [0.2, 0.25) is 0 Å². The molecule has 0 amide bonds. The summed E-state index contributed by atoms with van der Waals surface area (Å²) in [5.74, 6) is 1.89. The zero-order chi connectivity index (χ0) is 12.5. The van der Waals surface area contributed by atoms with Gasteiger partial charge in [-0.25, -0.2) is 4.98 Å². The van der Waals surface area contributed by atoms with Crippen LogP contribution in [0.5, 0.6) is 5.75 Å². The van der Waals surface area contributed by atoms with Crippen LogP contribution in [-0.4, -0.2) is 16.6 Å². The minimum absolute atomic E-state index is 0.621. The molecule has 0 spiro atoms. The molecule has 0 saturated carbocycles. The van der Waals surface area contributed by atoms with Gasteiger partial charge >= 0.3 is 0 Å². The van der Waals surface area contributed by atoms with Gasteiger partial charge in [-0.1, -0.05) is 31.3 Å². The molecule has 1 aliphatic heterocycles. The van der Waals surface area contributed by atoms with Crippen molar-refractivity contribution >= 4 is 12.2 Å². The first-order valence-electron chi connectivity index (χ1n) is 6.13. The van der Waals surface area contributed by atoms with Crippen LogP contribution in [0.4, 0.5) is 0 Å². The molecule has 1 aromatic heterocycles. The summed E-state index contributed by atoms with van der Waals surface area (Å²) in [5.41, 5.74) is 3.33. The van der Waals surface area contributed by atoms with Crippen molar-refractivity contribution in [3.8, 4) is 17.0 Å². The molecule has 3 rings (SSSR count). The Bertz CT molecular complexity index is 648. The highest BCUT2D eigenvalue weighted by Crippen LogP contribution is 2.35. The lowest BCUT2D eigenvalue weighted by atomic mass is 10.1. The number of para-hydroxylation sites is 1. The minimum atomic E-state index is 0.621.